The maximum atomic E-state index is 5.54. The van der Waals surface area contributed by atoms with Crippen LogP contribution in [0.1, 0.15) is 37.8 Å². The molecule has 2 heterocycles. The van der Waals surface area contributed by atoms with Crippen molar-refractivity contribution in [3.05, 3.63) is 11.6 Å². The Kier molecular flexibility index (Phi) is 4.23. The molecule has 16 heavy (non-hydrogen) atoms. The highest BCUT2D eigenvalue weighted by Gasteiger charge is 2.16. The second kappa shape index (κ2) is 5.68. The van der Waals surface area contributed by atoms with Crippen molar-refractivity contribution >= 4 is 11.8 Å². The van der Waals surface area contributed by atoms with Gasteiger partial charge in [0, 0.05) is 18.2 Å². The Morgan fingerprint density at radius 2 is 2.31 bits per heavy atom. The molecule has 0 spiro atoms. The molecular formula is C11H20N4S. The van der Waals surface area contributed by atoms with E-state index in [1.54, 1.807) is 0 Å². The zero-order chi connectivity index (χ0) is 11.4. The Morgan fingerprint density at radius 1 is 1.44 bits per heavy atom. The van der Waals surface area contributed by atoms with Gasteiger partial charge in [-0.3, -0.25) is 0 Å². The van der Waals surface area contributed by atoms with E-state index in [-0.39, 0.29) is 0 Å². The Balaban J connectivity index is 1.92. The maximum absolute atomic E-state index is 5.54. The molecule has 5 heteroatoms. The average molecular weight is 240 g/mol. The van der Waals surface area contributed by atoms with Gasteiger partial charge in [-0.25, -0.2) is 0 Å². The second-order valence-corrected chi connectivity index (χ2v) is 5.77. The molecule has 0 fully saturated rings. The van der Waals surface area contributed by atoms with Gasteiger partial charge in [0.25, 0.3) is 0 Å². The van der Waals surface area contributed by atoms with Gasteiger partial charge in [-0.15, -0.1) is 10.2 Å². The van der Waals surface area contributed by atoms with Crippen LogP contribution in [0, 0.1) is 0 Å². The standard InChI is InChI=1S/C11H20N4S/c1-9(5-6-12)16-8-11-14-13-10-4-2-3-7-15(10)11/h9H,2-8,12H2,1H3. The predicted molar refractivity (Wildman–Crippen MR) is 67.4 cm³/mol. The van der Waals surface area contributed by atoms with E-state index < -0.39 is 0 Å². The first kappa shape index (κ1) is 11.9. The molecule has 1 aliphatic rings. The van der Waals surface area contributed by atoms with E-state index in [0.29, 0.717) is 5.25 Å². The first-order valence-electron chi connectivity index (χ1n) is 6.04. The molecule has 2 rings (SSSR count). The van der Waals surface area contributed by atoms with E-state index in [9.17, 15) is 0 Å². The van der Waals surface area contributed by atoms with Crippen LogP contribution in [0.5, 0.6) is 0 Å². The van der Waals surface area contributed by atoms with Crippen LogP contribution in [0.4, 0.5) is 0 Å². The molecule has 2 N–H and O–H groups in total. The lowest BCUT2D eigenvalue weighted by molar-refractivity contribution is 0.513. The molecule has 90 valence electrons. The van der Waals surface area contributed by atoms with Crippen molar-refractivity contribution in [3.63, 3.8) is 0 Å². The highest BCUT2D eigenvalue weighted by molar-refractivity contribution is 7.99. The van der Waals surface area contributed by atoms with E-state index in [1.807, 2.05) is 11.8 Å². The summed E-state index contributed by atoms with van der Waals surface area (Å²) in [6.45, 7) is 4.10. The van der Waals surface area contributed by atoms with E-state index in [2.05, 4.69) is 21.7 Å². The summed E-state index contributed by atoms with van der Waals surface area (Å²) < 4.78 is 2.30. The lowest BCUT2D eigenvalue weighted by atomic mass is 10.2. The highest BCUT2D eigenvalue weighted by atomic mass is 32.2. The van der Waals surface area contributed by atoms with Gasteiger partial charge in [-0.05, 0) is 25.8 Å². The van der Waals surface area contributed by atoms with Crippen LogP contribution in [-0.2, 0) is 18.7 Å². The minimum atomic E-state index is 0.613. The van der Waals surface area contributed by atoms with Crippen LogP contribution in [0.2, 0.25) is 0 Å². The minimum Gasteiger partial charge on any atom is -0.330 e. The molecule has 0 saturated carbocycles. The Hall–Kier alpha value is -0.550. The first-order valence-corrected chi connectivity index (χ1v) is 7.08. The molecule has 1 aromatic rings. The van der Waals surface area contributed by atoms with Crippen LogP contribution in [0.3, 0.4) is 0 Å². The number of hydrogen-bond donors (Lipinski definition) is 1. The van der Waals surface area contributed by atoms with Gasteiger partial charge in [0.2, 0.25) is 0 Å². The van der Waals surface area contributed by atoms with Crippen molar-refractivity contribution < 1.29 is 0 Å². The van der Waals surface area contributed by atoms with Gasteiger partial charge >= 0.3 is 0 Å². The molecule has 1 aliphatic heterocycles. The molecule has 0 amide bonds. The van der Waals surface area contributed by atoms with Gasteiger partial charge in [0.1, 0.15) is 11.6 Å². The summed E-state index contributed by atoms with van der Waals surface area (Å²) in [5.41, 5.74) is 5.54. The molecule has 1 atom stereocenters. The third-order valence-corrected chi connectivity index (χ3v) is 4.24. The van der Waals surface area contributed by atoms with Crippen molar-refractivity contribution in [1.82, 2.24) is 14.8 Å². The smallest absolute Gasteiger partial charge is 0.143 e. The summed E-state index contributed by atoms with van der Waals surface area (Å²) in [7, 11) is 0. The highest BCUT2D eigenvalue weighted by Crippen LogP contribution is 2.21. The Morgan fingerprint density at radius 3 is 3.12 bits per heavy atom. The fourth-order valence-electron chi connectivity index (χ4n) is 2.01. The third-order valence-electron chi connectivity index (χ3n) is 3.01. The fraction of sp³-hybridized carbons (Fsp3) is 0.818. The van der Waals surface area contributed by atoms with Crippen molar-refractivity contribution in [2.75, 3.05) is 6.54 Å². The predicted octanol–water partition coefficient (Wildman–Crippen LogP) is 1.58. The first-order chi connectivity index (χ1) is 7.81. The van der Waals surface area contributed by atoms with Crippen LogP contribution < -0.4 is 5.73 Å². The van der Waals surface area contributed by atoms with Crippen LogP contribution >= 0.6 is 11.8 Å². The quantitative estimate of drug-likeness (QED) is 0.849. The zero-order valence-electron chi connectivity index (χ0n) is 9.85. The van der Waals surface area contributed by atoms with Gasteiger partial charge < -0.3 is 10.3 Å². The SMILES string of the molecule is CC(CCN)SCc1nnc2n1CCCC2. The normalized spacial score (nSPS) is 17.1. The summed E-state index contributed by atoms with van der Waals surface area (Å²) >= 11 is 1.93. The summed E-state index contributed by atoms with van der Waals surface area (Å²) in [6.07, 6.45) is 4.69. The topological polar surface area (TPSA) is 56.7 Å². The zero-order valence-corrected chi connectivity index (χ0v) is 10.7. The second-order valence-electron chi connectivity index (χ2n) is 4.34. The van der Waals surface area contributed by atoms with Crippen molar-refractivity contribution in [2.24, 2.45) is 5.73 Å². The summed E-state index contributed by atoms with van der Waals surface area (Å²) in [6, 6.07) is 0. The van der Waals surface area contributed by atoms with Crippen LogP contribution in [0.15, 0.2) is 0 Å². The average Bonchev–Trinajstić information content (AvgIpc) is 2.70. The number of hydrogen-bond acceptors (Lipinski definition) is 4. The van der Waals surface area contributed by atoms with Crippen LogP contribution in [-0.4, -0.2) is 26.6 Å². The molecule has 1 aromatic heterocycles. The maximum Gasteiger partial charge on any atom is 0.143 e. The molecule has 0 radical (unpaired) electrons. The number of fused-ring (bicyclic) bond motifs is 1. The molecule has 0 aliphatic carbocycles. The van der Waals surface area contributed by atoms with Gasteiger partial charge in [-0.2, -0.15) is 11.8 Å². The molecular weight excluding hydrogens is 220 g/mol. The van der Waals surface area contributed by atoms with E-state index >= 15 is 0 Å². The van der Waals surface area contributed by atoms with E-state index in [4.69, 9.17) is 5.73 Å². The molecule has 0 aromatic carbocycles. The molecule has 0 saturated heterocycles. The van der Waals surface area contributed by atoms with Gasteiger partial charge in [-0.1, -0.05) is 6.92 Å². The lowest BCUT2D eigenvalue weighted by Gasteiger charge is -2.15. The summed E-state index contributed by atoms with van der Waals surface area (Å²) in [5, 5.41) is 9.16. The fourth-order valence-corrected chi connectivity index (χ4v) is 2.96. The van der Waals surface area contributed by atoms with E-state index in [1.165, 1.54) is 18.7 Å². The van der Waals surface area contributed by atoms with Crippen molar-refractivity contribution in [2.45, 2.75) is 50.2 Å². The number of nitrogens with zero attached hydrogens (tertiary/aromatic N) is 3. The number of aromatic nitrogens is 3. The number of aryl methyl sites for hydroxylation is 1. The Bertz CT molecular complexity index is 337. The number of thioether (sulfide) groups is 1. The summed E-state index contributed by atoms with van der Waals surface area (Å²) in [5.74, 6) is 3.28. The molecule has 1 unspecified atom stereocenters. The Labute approximate surface area is 101 Å². The van der Waals surface area contributed by atoms with Crippen molar-refractivity contribution in [1.29, 1.82) is 0 Å². The number of rotatable bonds is 5. The molecule has 0 bridgehead atoms. The molecule has 4 nitrogen and oxygen atoms in total. The number of nitrogens with two attached hydrogens (primary N) is 1. The monoisotopic (exact) mass is 240 g/mol. The van der Waals surface area contributed by atoms with Crippen LogP contribution in [0.25, 0.3) is 0 Å². The van der Waals surface area contributed by atoms with Crippen molar-refractivity contribution in [3.8, 4) is 0 Å². The van der Waals surface area contributed by atoms with E-state index in [0.717, 1.165) is 37.5 Å². The summed E-state index contributed by atoms with van der Waals surface area (Å²) in [4.78, 5) is 0. The minimum absolute atomic E-state index is 0.613. The largest absolute Gasteiger partial charge is 0.330 e. The van der Waals surface area contributed by atoms with Gasteiger partial charge in [0.05, 0.1) is 5.75 Å². The lowest BCUT2D eigenvalue weighted by Crippen LogP contribution is -2.13. The third kappa shape index (κ3) is 2.77. The van der Waals surface area contributed by atoms with Gasteiger partial charge in [0.15, 0.2) is 0 Å².